The lowest BCUT2D eigenvalue weighted by molar-refractivity contribution is -0.151. The molecular weight excluding hydrogens is 306 g/mol. The van der Waals surface area contributed by atoms with Crippen LogP contribution in [0.5, 0.6) is 0 Å². The predicted molar refractivity (Wildman–Crippen MR) is 86.1 cm³/mol. The van der Waals surface area contributed by atoms with Crippen molar-refractivity contribution in [2.75, 3.05) is 12.4 Å². The van der Waals surface area contributed by atoms with Gasteiger partial charge in [-0.1, -0.05) is 0 Å². The fourth-order valence-corrected chi connectivity index (χ4v) is 3.30. The molecule has 1 unspecified atom stereocenters. The van der Waals surface area contributed by atoms with E-state index < -0.39 is 22.2 Å². The van der Waals surface area contributed by atoms with Gasteiger partial charge in [0.1, 0.15) is 11.3 Å². The molecule has 0 radical (unpaired) electrons. The van der Waals surface area contributed by atoms with Crippen LogP contribution in [0.2, 0.25) is 0 Å². The second-order valence-electron chi connectivity index (χ2n) is 7.40. The van der Waals surface area contributed by atoms with Crippen LogP contribution in [-0.4, -0.2) is 56.5 Å². The maximum atomic E-state index is 11.9. The molecule has 1 fully saturated rings. The number of hydrogen-bond acceptors (Lipinski definition) is 5. The van der Waals surface area contributed by atoms with Crippen molar-refractivity contribution in [3.05, 3.63) is 0 Å². The van der Waals surface area contributed by atoms with E-state index >= 15 is 0 Å². The lowest BCUT2D eigenvalue weighted by atomic mass is 10.0. The Balaban J connectivity index is 2.74. The largest absolute Gasteiger partial charge is 0.465 e. The van der Waals surface area contributed by atoms with E-state index in [2.05, 4.69) is 0 Å². The number of nitrogens with zero attached hydrogens (tertiary/aromatic N) is 1. The van der Waals surface area contributed by atoms with Gasteiger partial charge in [-0.15, -0.1) is 11.8 Å². The highest BCUT2D eigenvalue weighted by atomic mass is 32.2. The van der Waals surface area contributed by atoms with Gasteiger partial charge in [0, 0.05) is 4.75 Å². The predicted octanol–water partition coefficient (Wildman–Crippen LogP) is 2.95. The Morgan fingerprint density at radius 1 is 1.32 bits per heavy atom. The van der Waals surface area contributed by atoms with Crippen molar-refractivity contribution in [3.63, 3.8) is 0 Å². The van der Waals surface area contributed by atoms with Gasteiger partial charge in [-0.3, -0.25) is 9.69 Å². The van der Waals surface area contributed by atoms with Gasteiger partial charge >= 0.3 is 12.1 Å². The normalized spacial score (nSPS) is 21.8. The zero-order valence-corrected chi connectivity index (χ0v) is 15.2. The van der Waals surface area contributed by atoms with Crippen LogP contribution < -0.4 is 0 Å². The van der Waals surface area contributed by atoms with Gasteiger partial charge in [0.05, 0.1) is 18.4 Å². The van der Waals surface area contributed by atoms with Crippen molar-refractivity contribution in [1.29, 1.82) is 0 Å². The van der Waals surface area contributed by atoms with Gasteiger partial charge in [0.15, 0.2) is 0 Å². The summed E-state index contributed by atoms with van der Waals surface area (Å²) in [5.41, 5.74) is -1.38. The molecule has 1 N–H and O–H groups in total. The SMILES string of the molecule is CC(C)(C)OC(=O)CSC(C)(C)C1COC(C)(C)N1C(=O)O. The summed E-state index contributed by atoms with van der Waals surface area (Å²) >= 11 is 1.39. The average molecular weight is 333 g/mol. The molecule has 0 aromatic heterocycles. The summed E-state index contributed by atoms with van der Waals surface area (Å²) < 4.78 is 10.4. The third-order valence-electron chi connectivity index (χ3n) is 3.48. The fourth-order valence-electron chi connectivity index (χ4n) is 2.39. The summed E-state index contributed by atoms with van der Waals surface area (Å²) in [6.07, 6.45) is -1.02. The second-order valence-corrected chi connectivity index (χ2v) is 9.03. The number of esters is 1. The highest BCUT2D eigenvalue weighted by Gasteiger charge is 2.50. The third kappa shape index (κ3) is 4.78. The zero-order chi connectivity index (χ0) is 17.3. The molecule has 0 spiro atoms. The summed E-state index contributed by atoms with van der Waals surface area (Å²) in [4.78, 5) is 24.7. The maximum absolute atomic E-state index is 11.9. The number of thioether (sulfide) groups is 1. The summed E-state index contributed by atoms with van der Waals surface area (Å²) in [6.45, 7) is 13.1. The van der Waals surface area contributed by atoms with E-state index in [9.17, 15) is 14.7 Å². The quantitative estimate of drug-likeness (QED) is 0.797. The van der Waals surface area contributed by atoms with Crippen molar-refractivity contribution in [2.24, 2.45) is 0 Å². The van der Waals surface area contributed by atoms with E-state index in [1.807, 2.05) is 34.6 Å². The minimum atomic E-state index is -1.02. The fraction of sp³-hybridized carbons (Fsp3) is 0.867. The maximum Gasteiger partial charge on any atom is 0.409 e. The van der Waals surface area contributed by atoms with Gasteiger partial charge < -0.3 is 14.6 Å². The van der Waals surface area contributed by atoms with Crippen molar-refractivity contribution in [2.45, 2.75) is 70.6 Å². The molecule has 6 nitrogen and oxygen atoms in total. The van der Waals surface area contributed by atoms with Crippen LogP contribution in [0.25, 0.3) is 0 Å². The van der Waals surface area contributed by atoms with Crippen molar-refractivity contribution < 1.29 is 24.2 Å². The van der Waals surface area contributed by atoms with E-state index in [1.54, 1.807) is 13.8 Å². The lowest BCUT2D eigenvalue weighted by Gasteiger charge is -2.38. The molecule has 1 rings (SSSR count). The number of rotatable bonds is 4. The van der Waals surface area contributed by atoms with Gasteiger partial charge in [-0.2, -0.15) is 0 Å². The standard InChI is InChI=1S/C15H27NO5S/c1-13(2,3)21-11(17)9-22-14(4,5)10-8-20-15(6,7)16(10)12(18)19/h10H,8-9H2,1-7H3,(H,18,19). The molecule has 128 valence electrons. The molecule has 7 heteroatoms. The summed E-state index contributed by atoms with van der Waals surface area (Å²) in [5.74, 6) is -0.125. The molecular formula is C15H27NO5S. The van der Waals surface area contributed by atoms with Crippen LogP contribution in [0.15, 0.2) is 0 Å². The Morgan fingerprint density at radius 2 is 1.86 bits per heavy atom. The monoisotopic (exact) mass is 333 g/mol. The Labute approximate surface area is 136 Å². The number of amides is 1. The molecule has 1 aliphatic heterocycles. The molecule has 1 aliphatic rings. The average Bonchev–Trinajstić information content (AvgIpc) is 2.61. The first-order valence-corrected chi connectivity index (χ1v) is 8.27. The number of hydrogen-bond donors (Lipinski definition) is 1. The topological polar surface area (TPSA) is 76.1 Å². The van der Waals surface area contributed by atoms with Crippen molar-refractivity contribution >= 4 is 23.8 Å². The summed E-state index contributed by atoms with van der Waals surface area (Å²) in [6, 6.07) is -0.326. The smallest absolute Gasteiger partial charge is 0.409 e. The second kappa shape index (κ2) is 6.28. The van der Waals surface area contributed by atoms with Gasteiger partial charge in [-0.05, 0) is 48.5 Å². The Morgan fingerprint density at radius 3 is 2.32 bits per heavy atom. The number of carboxylic acid groups (broad SMARTS) is 1. The first-order valence-electron chi connectivity index (χ1n) is 7.28. The van der Waals surface area contributed by atoms with Gasteiger partial charge in [0.2, 0.25) is 0 Å². The first-order chi connectivity index (χ1) is 9.76. The molecule has 1 heterocycles. The Bertz CT molecular complexity index is 442. The zero-order valence-electron chi connectivity index (χ0n) is 14.4. The first kappa shape index (κ1) is 19.1. The number of carbonyl (C=O) groups is 2. The van der Waals surface area contributed by atoms with Gasteiger partial charge in [-0.25, -0.2) is 4.79 Å². The molecule has 0 aromatic rings. The highest BCUT2D eigenvalue weighted by molar-refractivity contribution is 8.01. The Kier molecular flexibility index (Phi) is 5.45. The molecule has 0 saturated carbocycles. The molecule has 1 atom stereocenters. The van der Waals surface area contributed by atoms with Crippen LogP contribution in [0, 0.1) is 0 Å². The number of carbonyl (C=O) groups excluding carboxylic acids is 1. The van der Waals surface area contributed by atoms with Crippen LogP contribution in [0.1, 0.15) is 48.5 Å². The Hall–Kier alpha value is -0.950. The van der Waals surface area contributed by atoms with E-state index in [0.717, 1.165) is 0 Å². The van der Waals surface area contributed by atoms with Gasteiger partial charge in [0.25, 0.3) is 0 Å². The van der Waals surface area contributed by atoms with Crippen LogP contribution in [-0.2, 0) is 14.3 Å². The minimum absolute atomic E-state index is 0.175. The minimum Gasteiger partial charge on any atom is -0.465 e. The van der Waals surface area contributed by atoms with Crippen molar-refractivity contribution in [3.8, 4) is 0 Å². The highest BCUT2D eigenvalue weighted by Crippen LogP contribution is 2.39. The van der Waals surface area contributed by atoms with E-state index in [4.69, 9.17) is 9.47 Å². The molecule has 0 aliphatic carbocycles. The van der Waals surface area contributed by atoms with E-state index in [-0.39, 0.29) is 17.8 Å². The molecule has 1 saturated heterocycles. The lowest BCUT2D eigenvalue weighted by Crippen LogP contribution is -2.53. The van der Waals surface area contributed by atoms with E-state index in [0.29, 0.717) is 6.61 Å². The van der Waals surface area contributed by atoms with Crippen LogP contribution in [0.4, 0.5) is 4.79 Å². The van der Waals surface area contributed by atoms with E-state index in [1.165, 1.54) is 16.7 Å². The van der Waals surface area contributed by atoms with Crippen LogP contribution >= 0.6 is 11.8 Å². The van der Waals surface area contributed by atoms with Crippen LogP contribution in [0.3, 0.4) is 0 Å². The molecule has 0 aromatic carbocycles. The molecule has 22 heavy (non-hydrogen) atoms. The number of ether oxygens (including phenoxy) is 2. The third-order valence-corrected chi connectivity index (χ3v) is 4.87. The summed E-state index contributed by atoms with van der Waals surface area (Å²) in [5, 5.41) is 9.46. The summed E-state index contributed by atoms with van der Waals surface area (Å²) in [7, 11) is 0. The molecule has 1 amide bonds. The van der Waals surface area contributed by atoms with Crippen molar-refractivity contribution in [1.82, 2.24) is 4.90 Å². The molecule has 0 bridgehead atoms.